The molecule has 0 N–H and O–H groups in total. The Morgan fingerprint density at radius 1 is 0.577 bits per heavy atom. The van der Waals surface area contributed by atoms with Gasteiger partial charge in [-0.1, -0.05) is 11.8 Å². The minimum atomic E-state index is 0.459. The summed E-state index contributed by atoms with van der Waals surface area (Å²) >= 11 is 0. The van der Waals surface area contributed by atoms with Gasteiger partial charge in [-0.05, 0) is 75.0 Å². The van der Waals surface area contributed by atoms with Crippen LogP contribution in [-0.4, -0.2) is 13.2 Å². The molecule has 0 amide bonds. The zero-order chi connectivity index (χ0) is 18.7. The van der Waals surface area contributed by atoms with Gasteiger partial charge >= 0.3 is 0 Å². The van der Waals surface area contributed by atoms with Crippen LogP contribution in [0.2, 0.25) is 0 Å². The molecule has 0 unspecified atom stereocenters. The van der Waals surface area contributed by atoms with E-state index in [2.05, 4.69) is 71.4 Å². The lowest BCUT2D eigenvalue weighted by Crippen LogP contribution is -2.21. The fourth-order valence-corrected chi connectivity index (χ4v) is 2.23. The molecule has 1 aliphatic carbocycles. The highest BCUT2D eigenvalue weighted by molar-refractivity contribution is 5.34. The molecule has 4 nitrogen and oxygen atoms in total. The van der Waals surface area contributed by atoms with Gasteiger partial charge in [0.15, 0.2) is 12.2 Å². The average molecular weight is 348 g/mol. The molecule has 132 valence electrons. The maximum atomic E-state index is 5.09. The van der Waals surface area contributed by atoms with Gasteiger partial charge in [0, 0.05) is 23.7 Å². The molecular weight excluding hydrogens is 328 g/mol. The largest absolute Gasteiger partial charge is 0.281 e. The molecule has 1 saturated carbocycles. The van der Waals surface area contributed by atoms with E-state index in [0.29, 0.717) is 25.0 Å². The highest BCUT2D eigenvalue weighted by atomic mass is 17.2. The Morgan fingerprint density at radius 3 is 1.35 bits per heavy atom. The maximum Gasteiger partial charge on any atom is 0.171 e. The topological polar surface area (TPSA) is 36.9 Å². The summed E-state index contributed by atoms with van der Waals surface area (Å²) in [5, 5.41) is 0. The molecule has 26 heavy (non-hydrogen) atoms. The van der Waals surface area contributed by atoms with E-state index in [1.807, 2.05) is 0 Å². The molecule has 0 saturated heterocycles. The summed E-state index contributed by atoms with van der Waals surface area (Å²) in [5.41, 5.74) is 0. The summed E-state index contributed by atoms with van der Waals surface area (Å²) in [7, 11) is 0. The summed E-state index contributed by atoms with van der Waals surface area (Å²) < 4.78 is 0. The van der Waals surface area contributed by atoms with Crippen LogP contribution >= 0.6 is 0 Å². The van der Waals surface area contributed by atoms with E-state index >= 15 is 0 Å². The molecule has 0 aliphatic heterocycles. The highest BCUT2D eigenvalue weighted by Gasteiger charge is 2.22. The maximum absolute atomic E-state index is 5.09. The first-order chi connectivity index (χ1) is 12.9. The van der Waals surface area contributed by atoms with Gasteiger partial charge in [0.2, 0.25) is 0 Å². The average Bonchev–Trinajstić information content (AvgIpc) is 2.67. The third-order valence-electron chi connectivity index (χ3n) is 3.50. The van der Waals surface area contributed by atoms with Gasteiger partial charge in [-0.3, -0.25) is 9.78 Å². The van der Waals surface area contributed by atoms with Crippen molar-refractivity contribution in [2.75, 3.05) is 13.2 Å². The van der Waals surface area contributed by atoms with Crippen molar-refractivity contribution < 1.29 is 19.6 Å². The van der Waals surface area contributed by atoms with Gasteiger partial charge < -0.3 is 0 Å². The number of hydrogen-bond donors (Lipinski definition) is 0. The van der Waals surface area contributed by atoms with Crippen LogP contribution in [0.4, 0.5) is 0 Å². The van der Waals surface area contributed by atoms with Crippen LogP contribution < -0.4 is 0 Å². The molecule has 0 bridgehead atoms. The van der Waals surface area contributed by atoms with Gasteiger partial charge in [0.1, 0.15) is 0 Å². The fourth-order valence-electron chi connectivity index (χ4n) is 2.23. The number of hydrogen-bond acceptors (Lipinski definition) is 4. The van der Waals surface area contributed by atoms with E-state index in [9.17, 15) is 0 Å². The molecule has 1 fully saturated rings. The molecular formula is C22H20O4. The molecule has 0 spiro atoms. The Labute approximate surface area is 156 Å². The zero-order valence-electron chi connectivity index (χ0n) is 15.0. The third-order valence-corrected chi connectivity index (χ3v) is 3.50. The number of rotatable bonds is 6. The summed E-state index contributed by atoms with van der Waals surface area (Å²) in [6.45, 7) is 4.46. The molecule has 0 atom stereocenters. The first-order valence-corrected chi connectivity index (χ1v) is 8.27. The predicted octanol–water partition coefficient (Wildman–Crippen LogP) is 2.66. The standard InChI is InChI=1S/C22H20O4/c1-3-5-7-9-11-17-23-25-19-21-13-15-22(16-14-21)20-26-24-18-12-10-8-6-4-2/h21-22H,13-16,19-20H2,1-2H3. The van der Waals surface area contributed by atoms with Crippen molar-refractivity contribution >= 4 is 0 Å². The van der Waals surface area contributed by atoms with Crippen molar-refractivity contribution in [2.45, 2.75) is 39.5 Å². The molecule has 4 heteroatoms. The quantitative estimate of drug-likeness (QED) is 0.320. The van der Waals surface area contributed by atoms with E-state index in [0.717, 1.165) is 25.7 Å². The second-order valence-electron chi connectivity index (χ2n) is 5.33. The van der Waals surface area contributed by atoms with Crippen molar-refractivity contribution in [3.63, 3.8) is 0 Å². The van der Waals surface area contributed by atoms with Crippen LogP contribution in [0, 0.1) is 83.3 Å². The van der Waals surface area contributed by atoms with Crippen molar-refractivity contribution in [3.05, 3.63) is 0 Å². The highest BCUT2D eigenvalue weighted by Crippen LogP contribution is 2.29. The van der Waals surface area contributed by atoms with Gasteiger partial charge in [0.25, 0.3) is 0 Å². The lowest BCUT2D eigenvalue weighted by molar-refractivity contribution is -0.253. The van der Waals surface area contributed by atoms with Crippen LogP contribution in [0.25, 0.3) is 0 Å². The minimum absolute atomic E-state index is 0.459. The van der Waals surface area contributed by atoms with Crippen LogP contribution in [0.5, 0.6) is 0 Å². The van der Waals surface area contributed by atoms with E-state index in [4.69, 9.17) is 19.6 Å². The molecule has 0 aromatic rings. The van der Waals surface area contributed by atoms with E-state index in [1.165, 1.54) is 0 Å². The molecule has 0 radical (unpaired) electrons. The van der Waals surface area contributed by atoms with Gasteiger partial charge in [-0.25, -0.2) is 0 Å². The Morgan fingerprint density at radius 2 is 0.962 bits per heavy atom. The first kappa shape index (κ1) is 20.9. The van der Waals surface area contributed by atoms with E-state index in [-0.39, 0.29) is 0 Å². The normalized spacial score (nSPS) is 16.5. The first-order valence-electron chi connectivity index (χ1n) is 8.27. The van der Waals surface area contributed by atoms with Gasteiger partial charge in [0.05, 0.1) is 13.2 Å². The van der Waals surface area contributed by atoms with E-state index < -0.39 is 0 Å². The lowest BCUT2D eigenvalue weighted by Gasteiger charge is -2.26. The summed E-state index contributed by atoms with van der Waals surface area (Å²) in [4.78, 5) is 19.7. The van der Waals surface area contributed by atoms with Crippen LogP contribution in [0.1, 0.15) is 39.5 Å². The minimum Gasteiger partial charge on any atom is -0.281 e. The second-order valence-corrected chi connectivity index (χ2v) is 5.33. The second kappa shape index (κ2) is 15.4. The monoisotopic (exact) mass is 348 g/mol. The molecule has 1 rings (SSSR count). The Bertz CT molecular complexity index is 711. The van der Waals surface area contributed by atoms with Crippen molar-refractivity contribution in [1.82, 2.24) is 0 Å². The van der Waals surface area contributed by atoms with Gasteiger partial charge in [-0.2, -0.15) is 9.78 Å². The fraction of sp³-hybridized carbons (Fsp3) is 0.455. The summed E-state index contributed by atoms with van der Waals surface area (Å²) in [6, 6.07) is 0. The van der Waals surface area contributed by atoms with Crippen molar-refractivity contribution in [3.8, 4) is 71.4 Å². The summed E-state index contributed by atoms with van der Waals surface area (Å²) in [5.74, 6) is 26.5. The Balaban J connectivity index is 2.08. The summed E-state index contributed by atoms with van der Waals surface area (Å²) in [6.07, 6.45) is 8.92. The van der Waals surface area contributed by atoms with Crippen molar-refractivity contribution in [1.29, 1.82) is 0 Å². The zero-order valence-corrected chi connectivity index (χ0v) is 15.0. The molecule has 0 aromatic carbocycles. The lowest BCUT2D eigenvalue weighted by atomic mass is 9.83. The van der Waals surface area contributed by atoms with Gasteiger partial charge in [-0.15, -0.1) is 0 Å². The predicted molar refractivity (Wildman–Crippen MR) is 97.5 cm³/mol. The smallest absolute Gasteiger partial charge is 0.171 e. The Hall–Kier alpha value is -3.12. The van der Waals surface area contributed by atoms with Crippen LogP contribution in [0.3, 0.4) is 0 Å². The van der Waals surface area contributed by atoms with Crippen LogP contribution in [-0.2, 0) is 19.6 Å². The van der Waals surface area contributed by atoms with Crippen molar-refractivity contribution in [2.24, 2.45) is 11.8 Å². The SMILES string of the molecule is CC#CC#CC#COOCC1CCC(COOC#CC#CC#CC)CC1. The van der Waals surface area contributed by atoms with E-state index in [1.54, 1.807) is 13.8 Å². The molecule has 0 aromatic heterocycles. The molecule has 0 heterocycles. The van der Waals surface area contributed by atoms with Crippen LogP contribution in [0.15, 0.2) is 0 Å². The molecule has 1 aliphatic rings. The third kappa shape index (κ3) is 11.4. The Kier molecular flexibility index (Phi) is 12.4.